The Labute approximate surface area is 166 Å². The lowest BCUT2D eigenvalue weighted by molar-refractivity contribution is -0.146. The number of aromatic nitrogens is 3. The maximum atomic E-state index is 12.4. The van der Waals surface area contributed by atoms with Crippen LogP contribution < -0.4 is 5.32 Å². The lowest BCUT2D eigenvalue weighted by Gasteiger charge is -2.21. The normalized spacial score (nSPS) is 16.0. The second kappa shape index (κ2) is 8.88. The molecule has 1 aliphatic carbocycles. The van der Waals surface area contributed by atoms with Crippen LogP contribution in [0.3, 0.4) is 0 Å². The number of rotatable bonds is 9. The number of thiophene rings is 1. The molecule has 1 aliphatic rings. The Hall–Kier alpha value is -1.87. The molecule has 0 aliphatic heterocycles. The number of nitrogens with zero attached hydrogens (tertiary/aromatic N) is 3. The van der Waals surface area contributed by atoms with Gasteiger partial charge in [0.05, 0.1) is 17.7 Å². The lowest BCUT2D eigenvalue weighted by atomic mass is 9.99. The zero-order chi connectivity index (χ0) is 19.4. The Morgan fingerprint density at radius 1 is 1.44 bits per heavy atom. The summed E-state index contributed by atoms with van der Waals surface area (Å²) in [4.78, 5) is 25.4. The van der Waals surface area contributed by atoms with Crippen LogP contribution in [-0.4, -0.2) is 45.5 Å². The van der Waals surface area contributed by atoms with E-state index in [2.05, 4.69) is 20.1 Å². The molecule has 0 radical (unpaired) electrons. The van der Waals surface area contributed by atoms with Crippen molar-refractivity contribution in [2.24, 2.45) is 5.92 Å². The van der Waals surface area contributed by atoms with Crippen LogP contribution in [0.25, 0.3) is 10.7 Å². The van der Waals surface area contributed by atoms with E-state index in [-0.39, 0.29) is 17.6 Å². The molecule has 3 rings (SSSR count). The van der Waals surface area contributed by atoms with Crippen molar-refractivity contribution in [3.8, 4) is 10.7 Å². The number of carbonyl (C=O) groups is 2. The molecule has 0 aromatic carbocycles. The molecule has 9 heteroatoms. The number of amides is 1. The number of thioether (sulfide) groups is 1. The predicted molar refractivity (Wildman–Crippen MR) is 106 cm³/mol. The first-order chi connectivity index (χ1) is 13.0. The molecule has 2 heterocycles. The van der Waals surface area contributed by atoms with Crippen molar-refractivity contribution in [3.05, 3.63) is 17.5 Å². The summed E-state index contributed by atoms with van der Waals surface area (Å²) in [6.45, 7) is 3.90. The van der Waals surface area contributed by atoms with Crippen LogP contribution in [0.15, 0.2) is 22.7 Å². The minimum Gasteiger partial charge on any atom is -0.467 e. The summed E-state index contributed by atoms with van der Waals surface area (Å²) >= 11 is 2.98. The summed E-state index contributed by atoms with van der Waals surface area (Å²) < 4.78 is 6.95. The van der Waals surface area contributed by atoms with E-state index in [1.165, 1.54) is 18.9 Å². The van der Waals surface area contributed by atoms with E-state index in [0.717, 1.165) is 35.1 Å². The van der Waals surface area contributed by atoms with E-state index < -0.39 is 12.0 Å². The summed E-state index contributed by atoms with van der Waals surface area (Å²) in [6.07, 6.45) is 2.98. The first kappa shape index (κ1) is 19.9. The van der Waals surface area contributed by atoms with Crippen molar-refractivity contribution in [2.45, 2.75) is 50.4 Å². The van der Waals surface area contributed by atoms with Crippen LogP contribution >= 0.6 is 23.1 Å². The molecule has 1 fully saturated rings. The minimum absolute atomic E-state index is 0.00643. The van der Waals surface area contributed by atoms with E-state index in [1.54, 1.807) is 11.3 Å². The maximum absolute atomic E-state index is 12.4. The number of hydrogen-bond acceptors (Lipinski definition) is 7. The molecule has 1 N–H and O–H groups in total. The quantitative estimate of drug-likeness (QED) is 0.507. The van der Waals surface area contributed by atoms with Crippen LogP contribution in [0, 0.1) is 5.92 Å². The average molecular weight is 409 g/mol. The van der Waals surface area contributed by atoms with Crippen LogP contribution in [0.4, 0.5) is 0 Å². The van der Waals surface area contributed by atoms with Gasteiger partial charge >= 0.3 is 5.97 Å². The van der Waals surface area contributed by atoms with Crippen LogP contribution in [0.5, 0.6) is 0 Å². The van der Waals surface area contributed by atoms with Gasteiger partial charge in [-0.2, -0.15) is 0 Å². The fraction of sp³-hybridized carbons (Fsp3) is 0.556. The molecule has 0 bridgehead atoms. The molecular formula is C18H24N4O3S2. The standard InChI is InChI=1S/C18H24N4O3S2/c1-4-11(2)15(17(24)25-3)19-14(23)10-27-18-21-20-16(13-6-5-9-26-13)22(18)12-7-8-12/h5-6,9,11-12,15H,4,7-8,10H2,1-3H3,(H,19,23)/t11-,15+/m0/s1. The molecule has 0 saturated heterocycles. The Bertz CT molecular complexity index is 787. The van der Waals surface area contributed by atoms with Crippen molar-refractivity contribution < 1.29 is 14.3 Å². The molecular weight excluding hydrogens is 384 g/mol. The van der Waals surface area contributed by atoms with Gasteiger partial charge in [-0.25, -0.2) is 4.79 Å². The van der Waals surface area contributed by atoms with Crippen molar-refractivity contribution in [2.75, 3.05) is 12.9 Å². The average Bonchev–Trinajstić information content (AvgIpc) is 3.20. The van der Waals surface area contributed by atoms with E-state index in [4.69, 9.17) is 4.74 Å². The Morgan fingerprint density at radius 2 is 2.22 bits per heavy atom. The highest BCUT2D eigenvalue weighted by Crippen LogP contribution is 2.41. The van der Waals surface area contributed by atoms with Gasteiger partial charge in [-0.05, 0) is 30.2 Å². The number of carbonyl (C=O) groups excluding carboxylic acids is 2. The molecule has 7 nitrogen and oxygen atoms in total. The molecule has 0 spiro atoms. The third-order valence-electron chi connectivity index (χ3n) is 4.64. The van der Waals surface area contributed by atoms with E-state index in [0.29, 0.717) is 6.04 Å². The van der Waals surface area contributed by atoms with E-state index >= 15 is 0 Å². The lowest BCUT2D eigenvalue weighted by Crippen LogP contribution is -2.46. The zero-order valence-corrected chi connectivity index (χ0v) is 17.3. The molecule has 27 heavy (non-hydrogen) atoms. The molecule has 1 saturated carbocycles. The summed E-state index contributed by atoms with van der Waals surface area (Å²) in [7, 11) is 1.34. The highest BCUT2D eigenvalue weighted by Gasteiger charge is 2.31. The van der Waals surface area contributed by atoms with Gasteiger partial charge in [-0.15, -0.1) is 21.5 Å². The van der Waals surface area contributed by atoms with Gasteiger partial charge in [-0.3, -0.25) is 9.36 Å². The Balaban J connectivity index is 1.66. The van der Waals surface area contributed by atoms with Crippen LogP contribution in [-0.2, 0) is 14.3 Å². The largest absolute Gasteiger partial charge is 0.467 e. The van der Waals surface area contributed by atoms with Gasteiger partial charge in [0.15, 0.2) is 11.0 Å². The van der Waals surface area contributed by atoms with Crippen molar-refractivity contribution >= 4 is 35.0 Å². The fourth-order valence-corrected chi connectivity index (χ4v) is 4.27. The zero-order valence-electron chi connectivity index (χ0n) is 15.7. The summed E-state index contributed by atoms with van der Waals surface area (Å²) in [5.41, 5.74) is 0. The molecule has 2 aromatic rings. The first-order valence-corrected chi connectivity index (χ1v) is 10.9. The Kier molecular flexibility index (Phi) is 6.54. The van der Waals surface area contributed by atoms with Gasteiger partial charge in [0.25, 0.3) is 0 Å². The van der Waals surface area contributed by atoms with Crippen LogP contribution in [0.1, 0.15) is 39.2 Å². The van der Waals surface area contributed by atoms with Gasteiger partial charge < -0.3 is 10.1 Å². The molecule has 2 atom stereocenters. The second-order valence-corrected chi connectivity index (χ2v) is 8.52. The number of ether oxygens (including phenoxy) is 1. The molecule has 1 amide bonds. The maximum Gasteiger partial charge on any atom is 0.328 e. The van der Waals surface area contributed by atoms with Crippen molar-refractivity contribution in [3.63, 3.8) is 0 Å². The summed E-state index contributed by atoms with van der Waals surface area (Å²) in [5, 5.41) is 14.2. The van der Waals surface area contributed by atoms with Gasteiger partial charge in [-0.1, -0.05) is 38.1 Å². The number of methoxy groups -OCH3 is 1. The number of nitrogens with one attached hydrogen (secondary N) is 1. The van der Waals surface area contributed by atoms with E-state index in [9.17, 15) is 9.59 Å². The monoisotopic (exact) mass is 408 g/mol. The third kappa shape index (κ3) is 4.70. The first-order valence-electron chi connectivity index (χ1n) is 9.03. The highest BCUT2D eigenvalue weighted by molar-refractivity contribution is 7.99. The molecule has 146 valence electrons. The Morgan fingerprint density at radius 3 is 2.81 bits per heavy atom. The third-order valence-corrected chi connectivity index (χ3v) is 6.44. The SMILES string of the molecule is CC[C@H](C)[C@@H](NC(=O)CSc1nnc(-c2cccs2)n1C1CC1)C(=O)OC. The van der Waals surface area contributed by atoms with Crippen molar-refractivity contribution in [1.29, 1.82) is 0 Å². The van der Waals surface area contributed by atoms with Crippen LogP contribution in [0.2, 0.25) is 0 Å². The minimum atomic E-state index is -0.629. The topological polar surface area (TPSA) is 86.1 Å². The number of hydrogen-bond donors (Lipinski definition) is 1. The van der Waals surface area contributed by atoms with Crippen molar-refractivity contribution in [1.82, 2.24) is 20.1 Å². The van der Waals surface area contributed by atoms with Gasteiger partial charge in [0, 0.05) is 6.04 Å². The predicted octanol–water partition coefficient (Wildman–Crippen LogP) is 3.14. The smallest absolute Gasteiger partial charge is 0.328 e. The van der Waals surface area contributed by atoms with E-state index in [1.807, 2.05) is 31.4 Å². The van der Waals surface area contributed by atoms with Gasteiger partial charge in [0.1, 0.15) is 6.04 Å². The second-order valence-electron chi connectivity index (χ2n) is 6.63. The highest BCUT2D eigenvalue weighted by atomic mass is 32.2. The van der Waals surface area contributed by atoms with Gasteiger partial charge in [0.2, 0.25) is 5.91 Å². The molecule has 2 aromatic heterocycles. The fourth-order valence-electron chi connectivity index (χ4n) is 2.75. The molecule has 0 unspecified atom stereocenters. The number of esters is 1. The summed E-state index contributed by atoms with van der Waals surface area (Å²) in [5.74, 6) is 0.427. The summed E-state index contributed by atoms with van der Waals surface area (Å²) in [6, 6.07) is 3.80.